The fourth-order valence-corrected chi connectivity index (χ4v) is 4.66. The number of hydrogen-bond acceptors (Lipinski definition) is 4. The Bertz CT molecular complexity index is 1410. The predicted molar refractivity (Wildman–Crippen MR) is 148 cm³/mol. The molecule has 0 saturated heterocycles. The molecule has 1 aliphatic carbocycles. The molecule has 1 aromatic heterocycles. The van der Waals surface area contributed by atoms with Gasteiger partial charge >= 0.3 is 0 Å². The van der Waals surface area contributed by atoms with Crippen molar-refractivity contribution in [3.63, 3.8) is 0 Å². The number of rotatable bonds is 10. The number of nitrogens with one attached hydrogen (secondary N) is 1. The summed E-state index contributed by atoms with van der Waals surface area (Å²) >= 11 is 0. The van der Waals surface area contributed by atoms with Crippen LogP contribution in [0.2, 0.25) is 0 Å². The molecule has 1 saturated carbocycles. The first-order chi connectivity index (χ1) is 18.0. The van der Waals surface area contributed by atoms with Gasteiger partial charge < -0.3 is 10.4 Å². The number of carbonyl (C=O) groups is 2. The summed E-state index contributed by atoms with van der Waals surface area (Å²) in [4.78, 5) is 30.8. The lowest BCUT2D eigenvalue weighted by atomic mass is 9.93. The molecule has 0 spiro atoms. The zero-order chi connectivity index (χ0) is 25.8. The van der Waals surface area contributed by atoms with E-state index in [1.54, 1.807) is 0 Å². The number of aromatic nitrogens is 1. The van der Waals surface area contributed by atoms with Crippen molar-refractivity contribution in [3.8, 4) is 22.4 Å². The lowest BCUT2D eigenvalue weighted by molar-refractivity contribution is -0.119. The second kappa shape index (κ2) is 11.1. The highest BCUT2D eigenvalue weighted by molar-refractivity contribution is 6.11. The average molecular weight is 493 g/mol. The molecule has 3 aromatic carbocycles. The van der Waals surface area contributed by atoms with E-state index in [2.05, 4.69) is 5.32 Å². The molecular formula is C32H32N2O3. The van der Waals surface area contributed by atoms with Gasteiger partial charge in [-0.25, -0.2) is 4.98 Å². The van der Waals surface area contributed by atoms with Crippen molar-refractivity contribution in [1.82, 2.24) is 4.98 Å². The van der Waals surface area contributed by atoms with E-state index < -0.39 is 6.10 Å². The zero-order valence-electron chi connectivity index (χ0n) is 21.1. The van der Waals surface area contributed by atoms with Crippen LogP contribution in [0.15, 0.2) is 78.9 Å². The van der Waals surface area contributed by atoms with Gasteiger partial charge in [0.15, 0.2) is 0 Å². The van der Waals surface area contributed by atoms with Gasteiger partial charge in [-0.05, 0) is 48.9 Å². The van der Waals surface area contributed by atoms with Gasteiger partial charge in [0.05, 0.1) is 23.0 Å². The number of amides is 1. The third-order valence-electron chi connectivity index (χ3n) is 6.98. The van der Waals surface area contributed by atoms with Gasteiger partial charge in [0, 0.05) is 35.3 Å². The highest BCUT2D eigenvalue weighted by Crippen LogP contribution is 2.42. The summed E-state index contributed by atoms with van der Waals surface area (Å²) < 4.78 is 0. The third-order valence-corrected chi connectivity index (χ3v) is 6.98. The Hall–Kier alpha value is -3.83. The Morgan fingerprint density at radius 1 is 0.973 bits per heavy atom. The molecule has 5 rings (SSSR count). The molecular weight excluding hydrogens is 460 g/mol. The SMILES string of the molecule is CC[C@@H](O)CCC(=O)Cc1ccc2nc(-c3ccccc3)c(-c3ccccc3)c(NC(=O)C3CC3)c2c1. The standard InChI is InChI=1S/C32H32N2O3/c1-2-25(35)16-17-26(36)19-21-13-18-28-27(20-21)31(34-32(37)24-14-15-24)29(22-9-5-3-6-10-22)30(33-28)23-11-7-4-8-12-23/h3-13,18,20,24-25,35H,2,14-17,19H2,1H3,(H,33,34,37)/t25-/m1/s1. The number of hydrogen-bond donors (Lipinski definition) is 2. The van der Waals surface area contributed by atoms with Crippen molar-refractivity contribution < 1.29 is 14.7 Å². The van der Waals surface area contributed by atoms with E-state index in [0.717, 1.165) is 57.4 Å². The molecule has 5 nitrogen and oxygen atoms in total. The van der Waals surface area contributed by atoms with Crippen LogP contribution < -0.4 is 5.32 Å². The molecule has 0 aliphatic heterocycles. The summed E-state index contributed by atoms with van der Waals surface area (Å²) in [7, 11) is 0. The van der Waals surface area contributed by atoms with Crippen molar-refractivity contribution in [1.29, 1.82) is 0 Å². The number of carbonyl (C=O) groups excluding carboxylic acids is 2. The van der Waals surface area contributed by atoms with Crippen molar-refractivity contribution >= 4 is 28.3 Å². The van der Waals surface area contributed by atoms with Gasteiger partial charge in [-0.3, -0.25) is 9.59 Å². The number of aliphatic hydroxyl groups excluding tert-OH is 1. The number of fused-ring (bicyclic) bond motifs is 1. The highest BCUT2D eigenvalue weighted by Gasteiger charge is 2.31. The van der Waals surface area contributed by atoms with Crippen molar-refractivity contribution in [2.75, 3.05) is 5.32 Å². The van der Waals surface area contributed by atoms with E-state index in [1.807, 2.05) is 85.8 Å². The van der Waals surface area contributed by atoms with Crippen LogP contribution >= 0.6 is 0 Å². The summed E-state index contributed by atoms with van der Waals surface area (Å²) in [6.07, 6.45) is 3.12. The lowest BCUT2D eigenvalue weighted by Crippen LogP contribution is -2.15. The predicted octanol–water partition coefficient (Wildman–Crippen LogP) is 6.58. The van der Waals surface area contributed by atoms with E-state index in [4.69, 9.17) is 4.98 Å². The maximum Gasteiger partial charge on any atom is 0.227 e. The van der Waals surface area contributed by atoms with Crippen molar-refractivity contribution in [3.05, 3.63) is 84.4 Å². The molecule has 5 heteroatoms. The Morgan fingerprint density at radius 3 is 2.30 bits per heavy atom. The minimum atomic E-state index is -0.446. The molecule has 4 aromatic rings. The van der Waals surface area contributed by atoms with Crippen LogP contribution in [0.4, 0.5) is 5.69 Å². The minimum absolute atomic E-state index is 0.0266. The summed E-state index contributed by atoms with van der Waals surface area (Å²) in [5.74, 6) is 0.160. The smallest absolute Gasteiger partial charge is 0.227 e. The van der Waals surface area contributed by atoms with Gasteiger partial charge in [0.2, 0.25) is 5.91 Å². The van der Waals surface area contributed by atoms with E-state index in [1.165, 1.54) is 0 Å². The highest BCUT2D eigenvalue weighted by atomic mass is 16.3. The number of aliphatic hydroxyl groups is 1. The van der Waals surface area contributed by atoms with Crippen molar-refractivity contribution in [2.24, 2.45) is 5.92 Å². The topological polar surface area (TPSA) is 79.3 Å². The first kappa shape index (κ1) is 24.8. The van der Waals surface area contributed by atoms with E-state index in [0.29, 0.717) is 19.3 Å². The quantitative estimate of drug-likeness (QED) is 0.262. The first-order valence-corrected chi connectivity index (χ1v) is 13.1. The molecule has 188 valence electrons. The van der Waals surface area contributed by atoms with Gasteiger partial charge in [-0.1, -0.05) is 73.7 Å². The molecule has 1 atom stereocenters. The summed E-state index contributed by atoms with van der Waals surface area (Å²) in [6, 6.07) is 25.9. The molecule has 1 heterocycles. The van der Waals surface area contributed by atoms with Crippen LogP contribution in [0, 0.1) is 5.92 Å². The van der Waals surface area contributed by atoms with Gasteiger partial charge in [0.25, 0.3) is 0 Å². The molecule has 2 N–H and O–H groups in total. The second-order valence-corrected chi connectivity index (χ2v) is 9.87. The van der Waals surface area contributed by atoms with E-state index >= 15 is 0 Å². The summed E-state index contributed by atoms with van der Waals surface area (Å²) in [6.45, 7) is 1.91. The van der Waals surface area contributed by atoms with Crippen LogP contribution in [0.3, 0.4) is 0 Å². The van der Waals surface area contributed by atoms with Crippen molar-refractivity contribution in [2.45, 2.75) is 51.6 Å². The largest absolute Gasteiger partial charge is 0.393 e. The Balaban J connectivity index is 1.65. The number of benzene rings is 3. The molecule has 37 heavy (non-hydrogen) atoms. The molecule has 0 radical (unpaired) electrons. The van der Waals surface area contributed by atoms with E-state index in [-0.39, 0.29) is 24.0 Å². The number of pyridine rings is 1. The van der Waals surface area contributed by atoms with Gasteiger partial charge in [0.1, 0.15) is 5.78 Å². The summed E-state index contributed by atoms with van der Waals surface area (Å²) in [5, 5.41) is 13.9. The molecule has 0 unspecified atom stereocenters. The van der Waals surface area contributed by atoms with Gasteiger partial charge in [-0.15, -0.1) is 0 Å². The van der Waals surface area contributed by atoms with E-state index in [9.17, 15) is 14.7 Å². The lowest BCUT2D eigenvalue weighted by Gasteiger charge is -2.19. The monoisotopic (exact) mass is 492 g/mol. The van der Waals surface area contributed by atoms with Crippen LogP contribution in [-0.2, 0) is 16.0 Å². The van der Waals surface area contributed by atoms with Crippen LogP contribution in [0.5, 0.6) is 0 Å². The minimum Gasteiger partial charge on any atom is -0.393 e. The molecule has 1 fully saturated rings. The van der Waals surface area contributed by atoms with Gasteiger partial charge in [-0.2, -0.15) is 0 Å². The van der Waals surface area contributed by atoms with Crippen LogP contribution in [0.1, 0.15) is 44.6 Å². The Kier molecular flexibility index (Phi) is 7.42. The summed E-state index contributed by atoms with van der Waals surface area (Å²) in [5.41, 5.74) is 6.00. The van der Waals surface area contributed by atoms with Crippen LogP contribution in [-0.4, -0.2) is 27.9 Å². The molecule has 0 bridgehead atoms. The first-order valence-electron chi connectivity index (χ1n) is 13.1. The Morgan fingerprint density at radius 2 is 1.65 bits per heavy atom. The second-order valence-electron chi connectivity index (χ2n) is 9.87. The number of ketones is 1. The third kappa shape index (κ3) is 5.78. The number of anilines is 1. The number of Topliss-reactive ketones (excluding diaryl/α,β-unsaturated/α-hetero) is 1. The van der Waals surface area contributed by atoms with Crippen LogP contribution in [0.25, 0.3) is 33.3 Å². The molecule has 1 amide bonds. The zero-order valence-corrected chi connectivity index (χ0v) is 21.1. The average Bonchev–Trinajstić information content (AvgIpc) is 3.78. The molecule has 1 aliphatic rings. The fraction of sp³-hybridized carbons (Fsp3) is 0.281. The normalized spacial score (nSPS) is 13.9. The number of nitrogens with zero attached hydrogens (tertiary/aromatic N) is 1. The maximum atomic E-state index is 13.1. The Labute approximate surface area is 217 Å². The fourth-order valence-electron chi connectivity index (χ4n) is 4.66. The maximum absolute atomic E-state index is 13.1.